The molecule has 302 valence electrons. The van der Waals surface area contributed by atoms with Crippen molar-refractivity contribution >= 4 is 35.0 Å². The van der Waals surface area contributed by atoms with Crippen LogP contribution in [0.3, 0.4) is 0 Å². The number of aromatic nitrogens is 2. The third-order valence-corrected chi connectivity index (χ3v) is 13.9. The van der Waals surface area contributed by atoms with Crippen LogP contribution in [-0.4, -0.2) is 83.5 Å². The van der Waals surface area contributed by atoms with Crippen molar-refractivity contribution < 1.29 is 19.1 Å². The van der Waals surface area contributed by atoms with E-state index in [1.54, 1.807) is 5.56 Å². The molecule has 4 unspecified atom stereocenters. The number of nitrogens with two attached hydrogens (primary N) is 1. The molecular weight excluding hydrogens is 725 g/mol. The maximum absolute atomic E-state index is 13.8. The standard InChI is InChI=1S/C43H60N8O4S/c1-25(2)35(44)40(52)45-21-9-6-12-33-46-23-30(48-33)27-13-15-28(16-14-27)37-34-29(17-20-43(34)18-7-8-19-43)38(56-37)31-24-47-39(49-31)32-11-10-22-51(32)41(53)36(26(3)4)50-42(54)55-5/h13-16,24-26,32-33,35-36,46H,6-12,17-23,44H2,1-5H3,(H,45,52)(H,47,49)(H,50,54). The van der Waals surface area contributed by atoms with Crippen LogP contribution < -0.4 is 21.7 Å². The first-order chi connectivity index (χ1) is 27.0. The molecular formula is C43H60N8O4S. The number of carbonyl (C=O) groups is 3. The van der Waals surface area contributed by atoms with Gasteiger partial charge in [-0.2, -0.15) is 0 Å². The summed E-state index contributed by atoms with van der Waals surface area (Å²) in [5.41, 5.74) is 13.7. The van der Waals surface area contributed by atoms with Gasteiger partial charge in [-0.15, -0.1) is 11.3 Å². The maximum Gasteiger partial charge on any atom is 0.407 e. The molecule has 1 saturated heterocycles. The second kappa shape index (κ2) is 17.2. The number of benzene rings is 1. The lowest BCUT2D eigenvalue weighted by Crippen LogP contribution is -2.51. The van der Waals surface area contributed by atoms with Crippen molar-refractivity contribution in [2.75, 3.05) is 26.7 Å². The number of ether oxygens (including phenoxy) is 1. The fourth-order valence-electron chi connectivity index (χ4n) is 9.29. The molecule has 2 aromatic heterocycles. The molecule has 0 bridgehead atoms. The number of rotatable bonds is 14. The van der Waals surface area contributed by atoms with E-state index in [0.717, 1.165) is 67.9 Å². The van der Waals surface area contributed by atoms with Gasteiger partial charge in [-0.3, -0.25) is 19.9 Å². The second-order valence-corrected chi connectivity index (χ2v) is 18.0. The van der Waals surface area contributed by atoms with Gasteiger partial charge in [0, 0.05) is 24.5 Å². The van der Waals surface area contributed by atoms with E-state index in [9.17, 15) is 14.4 Å². The SMILES string of the molecule is COC(=O)NC(C(=O)N1CCCC1c1ncc(-c2sc(-c3ccc(C4=NC(CCCCNC(=O)C(N)C(C)C)NC4)cc3)c3c2CCC32CCCC2)[nH]1)C(C)C. The monoisotopic (exact) mass is 784 g/mol. The zero-order valence-electron chi connectivity index (χ0n) is 33.7. The number of hydrogen-bond donors (Lipinski definition) is 5. The molecule has 4 heterocycles. The van der Waals surface area contributed by atoms with E-state index in [4.69, 9.17) is 20.4 Å². The minimum atomic E-state index is -0.667. The van der Waals surface area contributed by atoms with Gasteiger partial charge in [0.15, 0.2) is 0 Å². The highest BCUT2D eigenvalue weighted by Crippen LogP contribution is 2.58. The molecule has 3 amide bonds. The highest BCUT2D eigenvalue weighted by atomic mass is 32.1. The van der Waals surface area contributed by atoms with Crippen molar-refractivity contribution in [2.45, 2.75) is 128 Å². The van der Waals surface area contributed by atoms with Gasteiger partial charge in [0.05, 0.1) is 41.7 Å². The van der Waals surface area contributed by atoms with Gasteiger partial charge >= 0.3 is 6.09 Å². The largest absolute Gasteiger partial charge is 0.453 e. The molecule has 2 fully saturated rings. The Morgan fingerprint density at radius 1 is 1.02 bits per heavy atom. The molecule has 56 heavy (non-hydrogen) atoms. The summed E-state index contributed by atoms with van der Waals surface area (Å²) in [4.78, 5) is 56.1. The van der Waals surface area contributed by atoms with Gasteiger partial charge in [-0.05, 0) is 97.3 Å². The number of nitrogens with zero attached hydrogens (tertiary/aromatic N) is 3. The van der Waals surface area contributed by atoms with Crippen molar-refractivity contribution in [1.29, 1.82) is 0 Å². The zero-order valence-corrected chi connectivity index (χ0v) is 34.5. The van der Waals surface area contributed by atoms with Crippen molar-refractivity contribution in [2.24, 2.45) is 22.6 Å². The van der Waals surface area contributed by atoms with Crippen molar-refractivity contribution in [3.8, 4) is 21.0 Å². The number of imidazole rings is 1. The quantitative estimate of drug-likeness (QED) is 0.115. The van der Waals surface area contributed by atoms with Gasteiger partial charge in [-0.25, -0.2) is 9.78 Å². The van der Waals surface area contributed by atoms with Crippen LogP contribution in [0.15, 0.2) is 35.5 Å². The highest BCUT2D eigenvalue weighted by Gasteiger charge is 2.45. The number of methoxy groups -OCH3 is 1. The van der Waals surface area contributed by atoms with Gasteiger partial charge in [-0.1, -0.05) is 64.8 Å². The van der Waals surface area contributed by atoms with Crippen LogP contribution in [0.25, 0.3) is 21.0 Å². The Hall–Kier alpha value is -4.07. The number of thiophene rings is 1. The number of aliphatic imine (C=N–C) groups is 1. The average molecular weight is 785 g/mol. The molecule has 6 N–H and O–H groups in total. The predicted octanol–water partition coefficient (Wildman–Crippen LogP) is 6.60. The normalized spacial score (nSPS) is 21.1. The molecule has 4 aliphatic rings. The Kier molecular flexibility index (Phi) is 12.3. The molecule has 1 aromatic carbocycles. The minimum Gasteiger partial charge on any atom is -0.453 e. The van der Waals surface area contributed by atoms with Crippen LogP contribution in [0.2, 0.25) is 0 Å². The van der Waals surface area contributed by atoms with Crippen molar-refractivity contribution in [3.05, 3.63) is 53.0 Å². The molecule has 13 heteroatoms. The third kappa shape index (κ3) is 8.17. The van der Waals surface area contributed by atoms with E-state index in [2.05, 4.69) is 45.2 Å². The Balaban J connectivity index is 1.07. The van der Waals surface area contributed by atoms with E-state index >= 15 is 0 Å². The van der Waals surface area contributed by atoms with Gasteiger partial charge < -0.3 is 31.0 Å². The number of unbranched alkanes of at least 4 members (excludes halogenated alkanes) is 1. The Morgan fingerprint density at radius 2 is 1.77 bits per heavy atom. The first-order valence-corrected chi connectivity index (χ1v) is 21.6. The van der Waals surface area contributed by atoms with Crippen LogP contribution in [0.1, 0.15) is 120 Å². The minimum absolute atomic E-state index is 0.0748. The fraction of sp³-hybridized carbons (Fsp3) is 0.605. The summed E-state index contributed by atoms with van der Waals surface area (Å²) in [6.07, 6.45) is 13.3. The first-order valence-electron chi connectivity index (χ1n) is 20.8. The number of likely N-dealkylation sites (tertiary alicyclic amines) is 1. The van der Waals surface area contributed by atoms with Crippen LogP contribution in [0.4, 0.5) is 4.79 Å². The number of aromatic amines is 1. The molecule has 7 rings (SSSR count). The van der Waals surface area contributed by atoms with Crippen LogP contribution in [0, 0.1) is 11.8 Å². The van der Waals surface area contributed by atoms with Gasteiger partial charge in [0.2, 0.25) is 11.8 Å². The second-order valence-electron chi connectivity index (χ2n) is 16.9. The maximum atomic E-state index is 13.8. The fourth-order valence-corrected chi connectivity index (χ4v) is 10.7. The highest BCUT2D eigenvalue weighted by molar-refractivity contribution is 7.19. The van der Waals surface area contributed by atoms with Crippen LogP contribution >= 0.6 is 11.3 Å². The topological polar surface area (TPSA) is 167 Å². The predicted molar refractivity (Wildman–Crippen MR) is 222 cm³/mol. The van der Waals surface area contributed by atoms with Gasteiger partial charge in [0.25, 0.3) is 0 Å². The van der Waals surface area contributed by atoms with Crippen LogP contribution in [-0.2, 0) is 26.2 Å². The third-order valence-electron chi connectivity index (χ3n) is 12.6. The smallest absolute Gasteiger partial charge is 0.407 e. The molecule has 12 nitrogen and oxygen atoms in total. The molecule has 3 aromatic rings. The summed E-state index contributed by atoms with van der Waals surface area (Å²) in [6.45, 7) is 9.80. The van der Waals surface area contributed by atoms with E-state index in [1.807, 2.05) is 50.1 Å². The van der Waals surface area contributed by atoms with E-state index in [-0.39, 0.29) is 41.3 Å². The molecule has 2 aliphatic heterocycles. The number of H-pyrrole nitrogens is 1. The Bertz CT molecular complexity index is 1910. The van der Waals surface area contributed by atoms with Crippen molar-refractivity contribution in [1.82, 2.24) is 30.8 Å². The Morgan fingerprint density at radius 3 is 2.48 bits per heavy atom. The first kappa shape index (κ1) is 40.1. The van der Waals surface area contributed by atoms with Gasteiger partial charge in [0.1, 0.15) is 18.0 Å². The lowest BCUT2D eigenvalue weighted by Gasteiger charge is -2.30. The number of fused-ring (bicyclic) bond motifs is 2. The average Bonchev–Trinajstić information content (AvgIpc) is 4.05. The number of hydrogen-bond acceptors (Lipinski definition) is 9. The summed E-state index contributed by atoms with van der Waals surface area (Å²) in [7, 11) is 1.32. The number of amides is 3. The molecule has 1 spiro atoms. The summed E-state index contributed by atoms with van der Waals surface area (Å²) in [6, 6.07) is 7.71. The number of alkyl carbamates (subject to hydrolysis) is 1. The number of nitrogens with one attached hydrogen (secondary N) is 4. The van der Waals surface area contributed by atoms with Crippen LogP contribution in [0.5, 0.6) is 0 Å². The Labute approximate surface area is 335 Å². The zero-order chi connectivity index (χ0) is 39.6. The summed E-state index contributed by atoms with van der Waals surface area (Å²) in [5.74, 6) is 0.666. The molecule has 1 saturated carbocycles. The summed E-state index contributed by atoms with van der Waals surface area (Å²) in [5, 5.41) is 9.28. The summed E-state index contributed by atoms with van der Waals surface area (Å²) < 4.78 is 4.82. The van der Waals surface area contributed by atoms with Crippen molar-refractivity contribution in [3.63, 3.8) is 0 Å². The molecule has 4 atom stereocenters. The van der Waals surface area contributed by atoms with E-state index < -0.39 is 18.2 Å². The van der Waals surface area contributed by atoms with E-state index in [0.29, 0.717) is 13.1 Å². The lowest BCUT2D eigenvalue weighted by molar-refractivity contribution is -0.135. The number of carbonyl (C=O) groups excluding carboxylic acids is 3. The van der Waals surface area contributed by atoms with E-state index in [1.165, 1.54) is 60.1 Å². The molecule has 2 aliphatic carbocycles. The lowest BCUT2D eigenvalue weighted by atomic mass is 9.79. The molecule has 0 radical (unpaired) electrons. The summed E-state index contributed by atoms with van der Waals surface area (Å²) >= 11 is 1.88.